The zero-order valence-electron chi connectivity index (χ0n) is 11.5. The Balaban J connectivity index is 3.15. The Morgan fingerprint density at radius 2 is 2.00 bits per heavy atom. The minimum absolute atomic E-state index is 0.00313. The molecule has 0 amide bonds. The molecule has 0 fully saturated rings. The van der Waals surface area contributed by atoms with E-state index < -0.39 is 10.0 Å². The van der Waals surface area contributed by atoms with Gasteiger partial charge in [0.05, 0.1) is 4.90 Å². The first-order valence-electron chi connectivity index (χ1n) is 6.09. The van der Waals surface area contributed by atoms with E-state index in [9.17, 15) is 8.42 Å². The van der Waals surface area contributed by atoms with E-state index in [0.29, 0.717) is 10.5 Å². The van der Waals surface area contributed by atoms with Crippen LogP contribution in [0.25, 0.3) is 0 Å². The van der Waals surface area contributed by atoms with Crippen molar-refractivity contribution in [1.82, 2.24) is 4.31 Å². The van der Waals surface area contributed by atoms with Crippen molar-refractivity contribution in [2.45, 2.75) is 30.2 Å². The van der Waals surface area contributed by atoms with E-state index in [1.165, 1.54) is 4.31 Å². The van der Waals surface area contributed by atoms with Crippen molar-refractivity contribution in [2.24, 2.45) is 0 Å². The van der Waals surface area contributed by atoms with Crippen molar-refractivity contribution in [3.8, 4) is 0 Å². The Morgan fingerprint density at radius 3 is 2.53 bits per heavy atom. The van der Waals surface area contributed by atoms with Crippen molar-refractivity contribution in [2.75, 3.05) is 19.1 Å². The van der Waals surface area contributed by atoms with E-state index in [1.807, 2.05) is 13.2 Å². The van der Waals surface area contributed by atoms with Crippen molar-refractivity contribution in [3.63, 3.8) is 0 Å². The van der Waals surface area contributed by atoms with Gasteiger partial charge >= 0.3 is 0 Å². The second-order valence-electron chi connectivity index (χ2n) is 4.28. The Hall–Kier alpha value is -0.230. The number of nitrogens with zero attached hydrogens (tertiary/aromatic N) is 1. The smallest absolute Gasteiger partial charge is 0.207 e. The van der Waals surface area contributed by atoms with Crippen molar-refractivity contribution < 1.29 is 8.42 Å². The molecule has 1 rings (SSSR count). The fourth-order valence-corrected chi connectivity index (χ4v) is 4.79. The third kappa shape index (κ3) is 3.88. The molecule has 1 unspecified atom stereocenters. The van der Waals surface area contributed by atoms with E-state index in [4.69, 9.17) is 11.6 Å². The summed E-state index contributed by atoms with van der Waals surface area (Å²) in [7, 11) is -1.84. The molecule has 108 valence electrons. The molecule has 0 aliphatic heterocycles. The second kappa shape index (κ2) is 7.53. The molecule has 0 aliphatic carbocycles. The summed E-state index contributed by atoms with van der Waals surface area (Å²) in [5.41, 5.74) is 0.648. The standard InChI is InChI=1S/C13H20ClNO2S2/c1-4-12(10-18-3)15(2)19(16,17)13-8-6-5-7-11(13)9-14/h5-8,12H,4,9-10H2,1-3H3. The van der Waals surface area contributed by atoms with Gasteiger partial charge in [-0.05, 0) is 24.3 Å². The van der Waals surface area contributed by atoms with Gasteiger partial charge in [0.25, 0.3) is 0 Å². The van der Waals surface area contributed by atoms with Crippen LogP contribution >= 0.6 is 23.4 Å². The number of alkyl halides is 1. The van der Waals surface area contributed by atoms with Crippen molar-refractivity contribution in [3.05, 3.63) is 29.8 Å². The summed E-state index contributed by atoms with van der Waals surface area (Å²) in [5.74, 6) is 0.984. The number of sulfonamides is 1. The van der Waals surface area contributed by atoms with E-state index in [1.54, 1.807) is 43.1 Å². The van der Waals surface area contributed by atoms with Crippen LogP contribution in [0, 0.1) is 0 Å². The molecule has 0 spiro atoms. The molecule has 1 atom stereocenters. The Kier molecular flexibility index (Phi) is 6.66. The van der Waals surface area contributed by atoms with E-state index in [0.717, 1.165) is 12.2 Å². The first-order chi connectivity index (χ1) is 8.98. The molecule has 0 bridgehead atoms. The zero-order valence-corrected chi connectivity index (χ0v) is 13.9. The highest BCUT2D eigenvalue weighted by atomic mass is 35.5. The van der Waals surface area contributed by atoms with Crippen molar-refractivity contribution >= 4 is 33.4 Å². The number of rotatable bonds is 7. The highest BCUT2D eigenvalue weighted by molar-refractivity contribution is 7.98. The van der Waals surface area contributed by atoms with Crippen LogP contribution in [0.1, 0.15) is 18.9 Å². The van der Waals surface area contributed by atoms with Gasteiger partial charge in [0, 0.05) is 24.7 Å². The molecule has 6 heteroatoms. The average Bonchev–Trinajstić information content (AvgIpc) is 2.43. The van der Waals surface area contributed by atoms with Crippen molar-refractivity contribution in [1.29, 1.82) is 0 Å². The molecular weight excluding hydrogens is 302 g/mol. The normalized spacial score (nSPS) is 13.7. The van der Waals surface area contributed by atoms with Crippen LogP contribution < -0.4 is 0 Å². The topological polar surface area (TPSA) is 37.4 Å². The number of benzene rings is 1. The maximum atomic E-state index is 12.6. The lowest BCUT2D eigenvalue weighted by molar-refractivity contribution is 0.385. The van der Waals surface area contributed by atoms with Crippen LogP contribution in [0.4, 0.5) is 0 Å². The average molecular weight is 322 g/mol. The maximum Gasteiger partial charge on any atom is 0.243 e. The Morgan fingerprint density at radius 1 is 1.37 bits per heavy atom. The van der Waals surface area contributed by atoms with Gasteiger partial charge in [0.1, 0.15) is 0 Å². The summed E-state index contributed by atoms with van der Waals surface area (Å²) in [4.78, 5) is 0.312. The van der Waals surface area contributed by atoms with Gasteiger partial charge in [-0.1, -0.05) is 25.1 Å². The van der Waals surface area contributed by atoms with Crippen LogP contribution in [-0.2, 0) is 15.9 Å². The molecule has 19 heavy (non-hydrogen) atoms. The largest absolute Gasteiger partial charge is 0.243 e. The molecule has 0 heterocycles. The molecule has 0 radical (unpaired) electrons. The quantitative estimate of drug-likeness (QED) is 0.724. The van der Waals surface area contributed by atoms with Crippen LogP contribution in [0.5, 0.6) is 0 Å². The molecule has 1 aromatic rings. The predicted molar refractivity (Wildman–Crippen MR) is 83.4 cm³/mol. The number of halogens is 1. The van der Waals surface area contributed by atoms with Gasteiger partial charge in [-0.3, -0.25) is 0 Å². The van der Waals surface area contributed by atoms with Gasteiger partial charge in [-0.15, -0.1) is 11.6 Å². The molecule has 0 aliphatic rings. The molecule has 0 saturated heterocycles. The summed E-state index contributed by atoms with van der Waals surface area (Å²) in [6, 6.07) is 6.91. The van der Waals surface area contributed by atoms with Crippen LogP contribution in [0.2, 0.25) is 0 Å². The van der Waals surface area contributed by atoms with Gasteiger partial charge in [0.15, 0.2) is 0 Å². The SMILES string of the molecule is CCC(CSC)N(C)S(=O)(=O)c1ccccc1CCl. The minimum Gasteiger partial charge on any atom is -0.207 e. The van der Waals surface area contributed by atoms with E-state index >= 15 is 0 Å². The van der Waals surface area contributed by atoms with Gasteiger partial charge in [-0.25, -0.2) is 8.42 Å². The highest BCUT2D eigenvalue weighted by Gasteiger charge is 2.28. The number of hydrogen-bond donors (Lipinski definition) is 0. The Bertz CT molecular complexity index is 505. The van der Waals surface area contributed by atoms with Crippen LogP contribution in [0.15, 0.2) is 29.2 Å². The lowest BCUT2D eigenvalue weighted by atomic mass is 10.2. The van der Waals surface area contributed by atoms with E-state index in [2.05, 4.69) is 0 Å². The number of hydrogen-bond acceptors (Lipinski definition) is 3. The molecule has 1 aromatic carbocycles. The van der Waals surface area contributed by atoms with E-state index in [-0.39, 0.29) is 11.9 Å². The fraction of sp³-hybridized carbons (Fsp3) is 0.538. The second-order valence-corrected chi connectivity index (χ2v) is 7.42. The summed E-state index contributed by atoms with van der Waals surface area (Å²) >= 11 is 7.48. The summed E-state index contributed by atoms with van der Waals surface area (Å²) in [6.07, 6.45) is 2.77. The first kappa shape index (κ1) is 16.8. The van der Waals surface area contributed by atoms with Gasteiger partial charge < -0.3 is 0 Å². The highest BCUT2D eigenvalue weighted by Crippen LogP contribution is 2.23. The molecule has 0 N–H and O–H groups in total. The molecule has 0 aromatic heterocycles. The first-order valence-corrected chi connectivity index (χ1v) is 9.46. The third-order valence-corrected chi connectivity index (χ3v) is 6.13. The summed E-state index contributed by atoms with van der Waals surface area (Å²) in [6.45, 7) is 2.00. The van der Waals surface area contributed by atoms with Crippen LogP contribution in [0.3, 0.4) is 0 Å². The van der Waals surface area contributed by atoms with Gasteiger partial charge in [0.2, 0.25) is 10.0 Å². The monoisotopic (exact) mass is 321 g/mol. The van der Waals surface area contributed by atoms with Crippen LogP contribution in [-0.4, -0.2) is 37.8 Å². The lowest BCUT2D eigenvalue weighted by Gasteiger charge is -2.26. The van der Waals surface area contributed by atoms with Gasteiger partial charge in [-0.2, -0.15) is 16.1 Å². The molecular formula is C13H20ClNO2S2. The molecule has 0 saturated carbocycles. The Labute approximate surface area is 125 Å². The summed E-state index contributed by atoms with van der Waals surface area (Å²) in [5, 5.41) is 0. The maximum absolute atomic E-state index is 12.6. The summed E-state index contributed by atoms with van der Waals surface area (Å²) < 4.78 is 26.8. The third-order valence-electron chi connectivity index (χ3n) is 3.12. The number of thioether (sulfide) groups is 1. The zero-order chi connectivity index (χ0) is 14.5. The molecule has 3 nitrogen and oxygen atoms in total. The minimum atomic E-state index is -3.48. The predicted octanol–water partition coefficient (Wildman–Crippen LogP) is 3.19. The fourth-order valence-electron chi connectivity index (χ4n) is 1.89. The lowest BCUT2D eigenvalue weighted by Crippen LogP contribution is -2.38.